The summed E-state index contributed by atoms with van der Waals surface area (Å²) >= 11 is 0. The lowest BCUT2D eigenvalue weighted by atomic mass is 10.1. The van der Waals surface area contributed by atoms with Crippen LogP contribution in [0.25, 0.3) is 0 Å². The van der Waals surface area contributed by atoms with E-state index >= 15 is 0 Å². The molecule has 18 heavy (non-hydrogen) atoms. The van der Waals surface area contributed by atoms with Crippen molar-refractivity contribution in [1.29, 1.82) is 0 Å². The average Bonchev–Trinajstić information content (AvgIpc) is 2.97. The van der Waals surface area contributed by atoms with Gasteiger partial charge in [0.2, 0.25) is 5.78 Å². The predicted octanol–water partition coefficient (Wildman–Crippen LogP) is 1.67. The second-order valence-corrected chi connectivity index (χ2v) is 4.66. The van der Waals surface area contributed by atoms with Gasteiger partial charge in [-0.2, -0.15) is 5.10 Å². The zero-order chi connectivity index (χ0) is 13.0. The number of rotatable bonds is 6. The Hall–Kier alpha value is -1.20. The zero-order valence-electron chi connectivity index (χ0n) is 11.0. The number of nitrogens with zero attached hydrogens (tertiary/aromatic N) is 2. The third-order valence-corrected chi connectivity index (χ3v) is 3.21. The van der Waals surface area contributed by atoms with Crippen molar-refractivity contribution in [2.24, 2.45) is 0 Å². The quantitative estimate of drug-likeness (QED) is 0.571. The van der Waals surface area contributed by atoms with Crippen LogP contribution in [-0.4, -0.2) is 41.5 Å². The van der Waals surface area contributed by atoms with E-state index in [2.05, 4.69) is 5.10 Å². The minimum atomic E-state index is -0.294. The molecule has 0 saturated carbocycles. The number of carbonyl (C=O) groups is 1. The molecule has 100 valence electrons. The van der Waals surface area contributed by atoms with Crippen LogP contribution < -0.4 is 0 Å². The first-order chi connectivity index (χ1) is 8.72. The second-order valence-electron chi connectivity index (χ2n) is 4.66. The number of Topliss-reactive ketones (excluding diaryl/α,β-unsaturated/α-hetero) is 1. The SMILES string of the molecule is COCCCn1nccc1C(=O)C1CCC(C)O1. The molecule has 1 aliphatic rings. The summed E-state index contributed by atoms with van der Waals surface area (Å²) in [6.45, 7) is 3.37. The maximum absolute atomic E-state index is 12.3. The number of aromatic nitrogens is 2. The Morgan fingerprint density at radius 2 is 2.44 bits per heavy atom. The smallest absolute Gasteiger partial charge is 0.209 e. The first kappa shape index (κ1) is 13.2. The van der Waals surface area contributed by atoms with Crippen LogP contribution in [0.2, 0.25) is 0 Å². The molecule has 2 rings (SSSR count). The molecule has 1 aliphatic heterocycles. The van der Waals surface area contributed by atoms with Gasteiger partial charge in [0.15, 0.2) is 0 Å². The van der Waals surface area contributed by atoms with Gasteiger partial charge in [0.1, 0.15) is 11.8 Å². The first-order valence-electron chi connectivity index (χ1n) is 6.43. The Labute approximate surface area is 107 Å². The van der Waals surface area contributed by atoms with Crippen molar-refractivity contribution in [2.45, 2.75) is 44.9 Å². The minimum absolute atomic E-state index is 0.0502. The van der Waals surface area contributed by atoms with E-state index in [1.165, 1.54) is 0 Å². The van der Waals surface area contributed by atoms with Crippen molar-refractivity contribution < 1.29 is 14.3 Å². The highest BCUT2D eigenvalue weighted by Gasteiger charge is 2.30. The molecule has 2 atom stereocenters. The third kappa shape index (κ3) is 2.97. The van der Waals surface area contributed by atoms with E-state index in [4.69, 9.17) is 9.47 Å². The fourth-order valence-electron chi connectivity index (χ4n) is 2.24. The molecule has 0 spiro atoms. The van der Waals surface area contributed by atoms with E-state index in [-0.39, 0.29) is 18.0 Å². The van der Waals surface area contributed by atoms with Gasteiger partial charge >= 0.3 is 0 Å². The summed E-state index contributed by atoms with van der Waals surface area (Å²) in [5.41, 5.74) is 0.644. The van der Waals surface area contributed by atoms with Crippen LogP contribution in [0, 0.1) is 0 Å². The molecule has 0 aliphatic carbocycles. The molecule has 2 unspecified atom stereocenters. The van der Waals surface area contributed by atoms with Crippen LogP contribution in [-0.2, 0) is 16.0 Å². The molecule has 5 heteroatoms. The number of methoxy groups -OCH3 is 1. The lowest BCUT2D eigenvalue weighted by Crippen LogP contribution is -2.24. The summed E-state index contributed by atoms with van der Waals surface area (Å²) in [5.74, 6) is 0.0502. The highest BCUT2D eigenvalue weighted by Crippen LogP contribution is 2.22. The van der Waals surface area contributed by atoms with E-state index < -0.39 is 0 Å². The summed E-state index contributed by atoms with van der Waals surface area (Å²) in [5, 5.41) is 4.18. The van der Waals surface area contributed by atoms with Crippen molar-refractivity contribution in [3.05, 3.63) is 18.0 Å². The third-order valence-electron chi connectivity index (χ3n) is 3.21. The van der Waals surface area contributed by atoms with E-state index in [0.717, 1.165) is 19.3 Å². The molecule has 2 heterocycles. The van der Waals surface area contributed by atoms with Gasteiger partial charge < -0.3 is 9.47 Å². The van der Waals surface area contributed by atoms with Crippen molar-refractivity contribution in [2.75, 3.05) is 13.7 Å². The van der Waals surface area contributed by atoms with Crippen LogP contribution >= 0.6 is 0 Å². The summed E-state index contributed by atoms with van der Waals surface area (Å²) < 4.78 is 12.4. The number of carbonyl (C=O) groups excluding carboxylic acids is 1. The molecule has 1 aromatic heterocycles. The summed E-state index contributed by atoms with van der Waals surface area (Å²) in [6, 6.07) is 1.77. The molecule has 0 aromatic carbocycles. The lowest BCUT2D eigenvalue weighted by Gasteiger charge is -2.11. The van der Waals surface area contributed by atoms with Crippen molar-refractivity contribution in [3.8, 4) is 0 Å². The molecule has 1 aromatic rings. The monoisotopic (exact) mass is 252 g/mol. The van der Waals surface area contributed by atoms with Gasteiger partial charge in [0.25, 0.3) is 0 Å². The van der Waals surface area contributed by atoms with Crippen molar-refractivity contribution >= 4 is 5.78 Å². The van der Waals surface area contributed by atoms with Gasteiger partial charge in [-0.25, -0.2) is 0 Å². The van der Waals surface area contributed by atoms with Crippen LogP contribution in [0.4, 0.5) is 0 Å². The number of aryl methyl sites for hydroxylation is 1. The molecule has 1 saturated heterocycles. The zero-order valence-corrected chi connectivity index (χ0v) is 11.0. The predicted molar refractivity (Wildman–Crippen MR) is 66.6 cm³/mol. The van der Waals surface area contributed by atoms with Crippen molar-refractivity contribution in [1.82, 2.24) is 9.78 Å². The summed E-state index contributed by atoms with van der Waals surface area (Å²) in [4.78, 5) is 12.3. The molecule has 0 radical (unpaired) electrons. The van der Waals surface area contributed by atoms with E-state index in [9.17, 15) is 4.79 Å². The van der Waals surface area contributed by atoms with Crippen LogP contribution in [0.5, 0.6) is 0 Å². The number of hydrogen-bond donors (Lipinski definition) is 0. The Balaban J connectivity index is 1.99. The van der Waals surface area contributed by atoms with E-state index in [0.29, 0.717) is 18.8 Å². The van der Waals surface area contributed by atoms with E-state index in [1.54, 1.807) is 24.1 Å². The number of hydrogen-bond acceptors (Lipinski definition) is 4. The maximum Gasteiger partial charge on any atom is 0.209 e. The first-order valence-corrected chi connectivity index (χ1v) is 6.43. The highest BCUT2D eigenvalue weighted by molar-refractivity contribution is 5.98. The largest absolute Gasteiger partial charge is 0.385 e. The van der Waals surface area contributed by atoms with Gasteiger partial charge in [-0.3, -0.25) is 9.48 Å². The number of ketones is 1. The lowest BCUT2D eigenvalue weighted by molar-refractivity contribution is 0.0424. The normalized spacial score (nSPS) is 23.4. The molecule has 0 amide bonds. The standard InChI is InChI=1S/C13H20N2O3/c1-10-4-5-12(18-10)13(16)11-6-7-14-15(11)8-3-9-17-2/h6-7,10,12H,3-5,8-9H2,1-2H3. The molecule has 0 bridgehead atoms. The summed E-state index contributed by atoms with van der Waals surface area (Å²) in [6.07, 6.45) is 4.16. The fraction of sp³-hybridized carbons (Fsp3) is 0.692. The van der Waals surface area contributed by atoms with Gasteiger partial charge in [-0.05, 0) is 32.3 Å². The Bertz CT molecular complexity index is 403. The van der Waals surface area contributed by atoms with E-state index in [1.807, 2.05) is 6.92 Å². The molecule has 1 fully saturated rings. The van der Waals surface area contributed by atoms with Crippen LogP contribution in [0.3, 0.4) is 0 Å². The van der Waals surface area contributed by atoms with Gasteiger partial charge in [-0.15, -0.1) is 0 Å². The molecular weight excluding hydrogens is 232 g/mol. The van der Waals surface area contributed by atoms with Gasteiger partial charge in [0, 0.05) is 26.5 Å². The van der Waals surface area contributed by atoms with Crippen LogP contribution in [0.15, 0.2) is 12.3 Å². The van der Waals surface area contributed by atoms with Gasteiger partial charge in [-0.1, -0.05) is 0 Å². The topological polar surface area (TPSA) is 53.4 Å². The Morgan fingerprint density at radius 3 is 3.11 bits per heavy atom. The fourth-order valence-corrected chi connectivity index (χ4v) is 2.24. The summed E-state index contributed by atoms with van der Waals surface area (Å²) in [7, 11) is 1.67. The Morgan fingerprint density at radius 1 is 1.61 bits per heavy atom. The molecular formula is C13H20N2O3. The van der Waals surface area contributed by atoms with Gasteiger partial charge in [0.05, 0.1) is 6.10 Å². The minimum Gasteiger partial charge on any atom is -0.385 e. The van der Waals surface area contributed by atoms with Crippen LogP contribution in [0.1, 0.15) is 36.7 Å². The highest BCUT2D eigenvalue weighted by atomic mass is 16.5. The second kappa shape index (κ2) is 6.11. The Kier molecular flexibility index (Phi) is 4.49. The molecule has 0 N–H and O–H groups in total. The van der Waals surface area contributed by atoms with Crippen molar-refractivity contribution in [3.63, 3.8) is 0 Å². The number of ether oxygens (including phenoxy) is 2. The maximum atomic E-state index is 12.3. The average molecular weight is 252 g/mol. The molecule has 5 nitrogen and oxygen atoms in total.